The standard InChI is InChI=1S/C22H23Cl2NO3/c23-17-9-6-15(7-10-17)18-13-16(8-11-19(18)24)21(26)25-20(22(27)28)12-14-4-2-1-3-5-14/h6-11,13-14,20H,1-5,12H2,(H,25,26)(H,27,28)/t20-/m0/s1. The van der Waals surface area contributed by atoms with Crippen LogP contribution in [0, 0.1) is 5.92 Å². The van der Waals surface area contributed by atoms with E-state index in [2.05, 4.69) is 5.32 Å². The van der Waals surface area contributed by atoms with Crippen LogP contribution in [0.3, 0.4) is 0 Å². The van der Waals surface area contributed by atoms with E-state index >= 15 is 0 Å². The molecule has 0 aliphatic heterocycles. The number of carbonyl (C=O) groups is 2. The molecule has 1 fully saturated rings. The Morgan fingerprint density at radius 1 is 1.04 bits per heavy atom. The quantitative estimate of drug-likeness (QED) is 0.620. The van der Waals surface area contributed by atoms with Crippen molar-refractivity contribution in [2.24, 2.45) is 5.92 Å². The number of nitrogens with one attached hydrogen (secondary N) is 1. The molecule has 3 rings (SSSR count). The SMILES string of the molecule is O=C(N[C@@H](CC1CCCCC1)C(=O)O)c1ccc(Cl)c(-c2ccc(Cl)cc2)c1. The molecule has 2 aromatic rings. The van der Waals surface area contributed by atoms with E-state index in [9.17, 15) is 14.7 Å². The normalized spacial score (nSPS) is 15.8. The zero-order valence-electron chi connectivity index (χ0n) is 15.5. The summed E-state index contributed by atoms with van der Waals surface area (Å²) >= 11 is 12.2. The van der Waals surface area contributed by atoms with Crippen molar-refractivity contribution >= 4 is 35.1 Å². The molecule has 28 heavy (non-hydrogen) atoms. The van der Waals surface area contributed by atoms with Gasteiger partial charge in [-0.05, 0) is 48.2 Å². The number of benzene rings is 2. The average Bonchev–Trinajstić information content (AvgIpc) is 2.69. The fourth-order valence-corrected chi connectivity index (χ4v) is 4.09. The summed E-state index contributed by atoms with van der Waals surface area (Å²) in [5, 5.41) is 13.4. The Kier molecular flexibility index (Phi) is 6.97. The van der Waals surface area contributed by atoms with Crippen molar-refractivity contribution in [3.8, 4) is 11.1 Å². The lowest BCUT2D eigenvalue weighted by atomic mass is 9.85. The maximum atomic E-state index is 12.7. The van der Waals surface area contributed by atoms with E-state index in [1.165, 1.54) is 6.42 Å². The molecule has 1 atom stereocenters. The third kappa shape index (κ3) is 5.27. The van der Waals surface area contributed by atoms with Crippen molar-refractivity contribution in [2.75, 3.05) is 0 Å². The number of carbonyl (C=O) groups excluding carboxylic acids is 1. The second-order valence-corrected chi connectivity index (χ2v) is 8.15. The number of amides is 1. The monoisotopic (exact) mass is 419 g/mol. The summed E-state index contributed by atoms with van der Waals surface area (Å²) < 4.78 is 0. The topological polar surface area (TPSA) is 66.4 Å². The predicted molar refractivity (Wildman–Crippen MR) is 112 cm³/mol. The molecule has 0 spiro atoms. The van der Waals surface area contributed by atoms with E-state index in [0.717, 1.165) is 31.2 Å². The van der Waals surface area contributed by atoms with Gasteiger partial charge in [-0.15, -0.1) is 0 Å². The third-order valence-electron chi connectivity index (χ3n) is 5.28. The van der Waals surface area contributed by atoms with Gasteiger partial charge >= 0.3 is 5.97 Å². The Morgan fingerprint density at radius 2 is 1.71 bits per heavy atom. The highest BCUT2D eigenvalue weighted by atomic mass is 35.5. The lowest BCUT2D eigenvalue weighted by Gasteiger charge is -2.25. The smallest absolute Gasteiger partial charge is 0.326 e. The first-order valence-electron chi connectivity index (χ1n) is 9.53. The van der Waals surface area contributed by atoms with Crippen molar-refractivity contribution in [1.29, 1.82) is 0 Å². The minimum absolute atomic E-state index is 0.352. The highest BCUT2D eigenvalue weighted by Gasteiger charge is 2.26. The summed E-state index contributed by atoms with van der Waals surface area (Å²) in [6.07, 6.45) is 6.00. The van der Waals surface area contributed by atoms with Gasteiger partial charge < -0.3 is 10.4 Å². The van der Waals surface area contributed by atoms with Gasteiger partial charge in [0, 0.05) is 21.2 Å². The van der Waals surface area contributed by atoms with Gasteiger partial charge in [-0.2, -0.15) is 0 Å². The Labute approximate surface area is 174 Å². The van der Waals surface area contributed by atoms with Crippen LogP contribution in [-0.4, -0.2) is 23.0 Å². The summed E-state index contributed by atoms with van der Waals surface area (Å²) in [5.74, 6) is -1.05. The second-order valence-electron chi connectivity index (χ2n) is 7.31. The van der Waals surface area contributed by atoms with Crippen molar-refractivity contribution in [1.82, 2.24) is 5.32 Å². The molecule has 1 aliphatic rings. The number of rotatable bonds is 6. The molecule has 1 saturated carbocycles. The molecule has 4 nitrogen and oxygen atoms in total. The summed E-state index contributed by atoms with van der Waals surface area (Å²) in [6.45, 7) is 0. The van der Waals surface area contributed by atoms with Gasteiger partial charge in [0.2, 0.25) is 0 Å². The average molecular weight is 420 g/mol. The van der Waals surface area contributed by atoms with Crippen LogP contribution in [0.25, 0.3) is 11.1 Å². The van der Waals surface area contributed by atoms with Gasteiger partial charge in [-0.1, -0.05) is 67.4 Å². The summed E-state index contributed by atoms with van der Waals surface area (Å²) in [5.41, 5.74) is 1.91. The van der Waals surface area contributed by atoms with Crippen molar-refractivity contribution in [2.45, 2.75) is 44.6 Å². The van der Waals surface area contributed by atoms with Crippen LogP contribution in [0.5, 0.6) is 0 Å². The van der Waals surface area contributed by atoms with Crippen LogP contribution < -0.4 is 5.32 Å². The van der Waals surface area contributed by atoms with Gasteiger partial charge in [0.15, 0.2) is 0 Å². The number of carboxylic acids is 1. The fourth-order valence-electron chi connectivity index (χ4n) is 3.74. The first kappa shape index (κ1) is 20.7. The molecule has 2 N–H and O–H groups in total. The van der Waals surface area contributed by atoms with Crippen molar-refractivity contribution in [3.05, 3.63) is 58.1 Å². The Balaban J connectivity index is 1.76. The number of hydrogen-bond acceptors (Lipinski definition) is 2. The molecule has 0 radical (unpaired) electrons. The Bertz CT molecular complexity index is 845. The highest BCUT2D eigenvalue weighted by molar-refractivity contribution is 6.33. The molecule has 2 aromatic carbocycles. The minimum atomic E-state index is -0.995. The third-order valence-corrected chi connectivity index (χ3v) is 5.86. The zero-order chi connectivity index (χ0) is 20.1. The van der Waals surface area contributed by atoms with Crippen molar-refractivity contribution in [3.63, 3.8) is 0 Å². The maximum absolute atomic E-state index is 12.7. The summed E-state index contributed by atoms with van der Waals surface area (Å²) in [7, 11) is 0. The lowest BCUT2D eigenvalue weighted by molar-refractivity contribution is -0.139. The maximum Gasteiger partial charge on any atom is 0.326 e. The van der Waals surface area contributed by atoms with Crippen LogP contribution in [0.4, 0.5) is 0 Å². The van der Waals surface area contributed by atoms with E-state index in [1.54, 1.807) is 30.3 Å². The molecular formula is C22H23Cl2NO3. The van der Waals surface area contributed by atoms with Crippen LogP contribution in [0.1, 0.15) is 48.9 Å². The number of halogens is 2. The molecule has 6 heteroatoms. The molecule has 0 aromatic heterocycles. The lowest BCUT2D eigenvalue weighted by Crippen LogP contribution is -2.42. The van der Waals surface area contributed by atoms with Gasteiger partial charge in [0.05, 0.1) is 0 Å². The molecule has 0 saturated heterocycles. The Hall–Kier alpha value is -2.04. The van der Waals surface area contributed by atoms with Crippen molar-refractivity contribution < 1.29 is 14.7 Å². The van der Waals surface area contributed by atoms with E-state index in [4.69, 9.17) is 23.2 Å². The fraction of sp³-hybridized carbons (Fsp3) is 0.364. The largest absolute Gasteiger partial charge is 0.480 e. The van der Waals surface area contributed by atoms with Gasteiger partial charge in [0.1, 0.15) is 6.04 Å². The van der Waals surface area contributed by atoms with Crippen LogP contribution in [0.15, 0.2) is 42.5 Å². The molecule has 148 valence electrons. The molecule has 1 amide bonds. The van der Waals surface area contributed by atoms with E-state index in [-0.39, 0.29) is 0 Å². The van der Waals surface area contributed by atoms with Gasteiger partial charge in [0.25, 0.3) is 5.91 Å². The van der Waals surface area contributed by atoms with Gasteiger partial charge in [-0.3, -0.25) is 4.79 Å². The molecule has 0 bridgehead atoms. The molecule has 0 unspecified atom stereocenters. The summed E-state index contributed by atoms with van der Waals surface area (Å²) in [4.78, 5) is 24.4. The molecule has 1 aliphatic carbocycles. The number of hydrogen-bond donors (Lipinski definition) is 2. The van der Waals surface area contributed by atoms with E-state index < -0.39 is 17.9 Å². The van der Waals surface area contributed by atoms with Gasteiger partial charge in [-0.25, -0.2) is 4.79 Å². The predicted octanol–water partition coefficient (Wildman–Crippen LogP) is 5.81. The zero-order valence-corrected chi connectivity index (χ0v) is 17.0. The first-order chi connectivity index (χ1) is 13.4. The van der Waals surface area contributed by atoms with E-state index in [1.807, 2.05) is 12.1 Å². The number of carboxylic acid groups (broad SMARTS) is 1. The summed E-state index contributed by atoms with van der Waals surface area (Å²) in [6, 6.07) is 11.2. The Morgan fingerprint density at radius 3 is 2.36 bits per heavy atom. The second kappa shape index (κ2) is 9.44. The highest BCUT2D eigenvalue weighted by Crippen LogP contribution is 2.30. The minimum Gasteiger partial charge on any atom is -0.480 e. The van der Waals surface area contributed by atoms with E-state index in [0.29, 0.717) is 33.5 Å². The molecular weight excluding hydrogens is 397 g/mol. The van der Waals surface area contributed by atoms with Crippen LogP contribution in [-0.2, 0) is 4.79 Å². The van der Waals surface area contributed by atoms with Crippen LogP contribution in [0.2, 0.25) is 10.0 Å². The first-order valence-corrected chi connectivity index (χ1v) is 10.3. The molecule has 0 heterocycles. The number of aliphatic carboxylic acids is 1. The van der Waals surface area contributed by atoms with Crippen LogP contribution >= 0.6 is 23.2 Å².